The highest BCUT2D eigenvalue weighted by Gasteiger charge is 2.22. The molecular formula is C14H21BrN2O3. The van der Waals surface area contributed by atoms with E-state index in [2.05, 4.69) is 20.7 Å². The first-order chi connectivity index (χ1) is 9.27. The molecule has 0 spiro atoms. The molecule has 1 unspecified atom stereocenters. The fraction of sp³-hybridized carbons (Fsp3) is 0.571. The minimum atomic E-state index is -0.347. The zero-order chi connectivity index (χ0) is 15.4. The second kappa shape index (κ2) is 6.92. The van der Waals surface area contributed by atoms with E-state index in [1.54, 1.807) is 24.9 Å². The molecule has 6 heteroatoms. The number of methoxy groups -OCH3 is 1. The van der Waals surface area contributed by atoms with Gasteiger partial charge in [0.25, 0.3) is 5.91 Å². The van der Waals surface area contributed by atoms with Gasteiger partial charge in [-0.25, -0.2) is 0 Å². The topological polar surface area (TPSA) is 51.5 Å². The van der Waals surface area contributed by atoms with Gasteiger partial charge >= 0.3 is 5.97 Å². The molecule has 0 N–H and O–H groups in total. The maximum atomic E-state index is 12.5. The molecule has 0 saturated heterocycles. The monoisotopic (exact) mass is 344 g/mol. The zero-order valence-electron chi connectivity index (χ0n) is 12.5. The van der Waals surface area contributed by atoms with E-state index in [1.165, 1.54) is 7.11 Å². The van der Waals surface area contributed by atoms with E-state index in [1.807, 2.05) is 24.6 Å². The van der Waals surface area contributed by atoms with Crippen molar-refractivity contribution in [1.29, 1.82) is 0 Å². The minimum Gasteiger partial charge on any atom is -0.469 e. The molecule has 0 aliphatic carbocycles. The molecule has 112 valence electrons. The van der Waals surface area contributed by atoms with Crippen LogP contribution in [0.5, 0.6) is 0 Å². The summed E-state index contributed by atoms with van der Waals surface area (Å²) in [5.74, 6) is -0.773. The lowest BCUT2D eigenvalue weighted by Crippen LogP contribution is -2.35. The standard InChI is InChI=1S/C14H21BrN2O3/c1-9(2)17-8-11(15)6-12(17)13(18)16(4)7-10(3)14(19)20-5/h6,8-10H,7H2,1-5H3. The van der Waals surface area contributed by atoms with E-state index in [-0.39, 0.29) is 23.8 Å². The predicted molar refractivity (Wildman–Crippen MR) is 80.7 cm³/mol. The van der Waals surface area contributed by atoms with Gasteiger partial charge in [-0.15, -0.1) is 0 Å². The van der Waals surface area contributed by atoms with Gasteiger partial charge in [0.05, 0.1) is 13.0 Å². The largest absolute Gasteiger partial charge is 0.469 e. The Hall–Kier alpha value is -1.30. The highest BCUT2D eigenvalue weighted by atomic mass is 79.9. The van der Waals surface area contributed by atoms with Crippen molar-refractivity contribution in [1.82, 2.24) is 9.47 Å². The van der Waals surface area contributed by atoms with Crippen LogP contribution in [0.4, 0.5) is 0 Å². The van der Waals surface area contributed by atoms with Crippen LogP contribution in [0.1, 0.15) is 37.3 Å². The third-order valence-electron chi connectivity index (χ3n) is 3.09. The molecule has 1 aromatic heterocycles. The van der Waals surface area contributed by atoms with Crippen LogP contribution in [0, 0.1) is 5.92 Å². The van der Waals surface area contributed by atoms with Crippen LogP contribution in [-0.4, -0.2) is 42.0 Å². The van der Waals surface area contributed by atoms with E-state index >= 15 is 0 Å². The van der Waals surface area contributed by atoms with Crippen LogP contribution in [0.2, 0.25) is 0 Å². The first-order valence-electron chi connectivity index (χ1n) is 6.48. The van der Waals surface area contributed by atoms with Gasteiger partial charge < -0.3 is 14.2 Å². The number of carbonyl (C=O) groups excluding carboxylic acids is 2. The van der Waals surface area contributed by atoms with E-state index in [0.717, 1.165) is 4.47 Å². The zero-order valence-corrected chi connectivity index (χ0v) is 14.1. The summed E-state index contributed by atoms with van der Waals surface area (Å²) >= 11 is 3.39. The normalized spacial score (nSPS) is 12.3. The Morgan fingerprint density at radius 3 is 2.50 bits per heavy atom. The summed E-state index contributed by atoms with van der Waals surface area (Å²) in [6.07, 6.45) is 1.88. The molecular weight excluding hydrogens is 324 g/mol. The number of amides is 1. The molecule has 0 bridgehead atoms. The molecule has 20 heavy (non-hydrogen) atoms. The quantitative estimate of drug-likeness (QED) is 0.771. The second-order valence-electron chi connectivity index (χ2n) is 5.15. The number of esters is 1. The van der Waals surface area contributed by atoms with Crippen LogP contribution in [0.25, 0.3) is 0 Å². The number of rotatable bonds is 5. The summed E-state index contributed by atoms with van der Waals surface area (Å²) < 4.78 is 7.45. The molecule has 0 aliphatic rings. The highest BCUT2D eigenvalue weighted by molar-refractivity contribution is 9.10. The molecule has 0 aromatic carbocycles. The van der Waals surface area contributed by atoms with Gasteiger partial charge in [0.2, 0.25) is 0 Å². The second-order valence-corrected chi connectivity index (χ2v) is 6.07. The fourth-order valence-electron chi connectivity index (χ4n) is 2.01. The van der Waals surface area contributed by atoms with Crippen molar-refractivity contribution in [3.8, 4) is 0 Å². The van der Waals surface area contributed by atoms with Gasteiger partial charge in [0, 0.05) is 30.3 Å². The van der Waals surface area contributed by atoms with Gasteiger partial charge in [-0.05, 0) is 35.8 Å². The summed E-state index contributed by atoms with van der Waals surface area (Å²) in [5.41, 5.74) is 0.603. The smallest absolute Gasteiger partial charge is 0.310 e. The van der Waals surface area contributed by atoms with Crippen molar-refractivity contribution in [2.24, 2.45) is 5.92 Å². The molecule has 0 radical (unpaired) electrons. The molecule has 0 saturated carbocycles. The van der Waals surface area contributed by atoms with Crippen molar-refractivity contribution in [2.75, 3.05) is 20.7 Å². The van der Waals surface area contributed by atoms with E-state index in [9.17, 15) is 9.59 Å². The summed E-state index contributed by atoms with van der Waals surface area (Å²) in [4.78, 5) is 25.4. The molecule has 0 fully saturated rings. The SMILES string of the molecule is COC(=O)C(C)CN(C)C(=O)c1cc(Br)cn1C(C)C. The maximum absolute atomic E-state index is 12.5. The molecule has 1 aromatic rings. The average molecular weight is 345 g/mol. The van der Waals surface area contributed by atoms with E-state index in [4.69, 9.17) is 0 Å². The molecule has 1 rings (SSSR count). The maximum Gasteiger partial charge on any atom is 0.310 e. The lowest BCUT2D eigenvalue weighted by molar-refractivity contribution is -0.145. The number of halogens is 1. The summed E-state index contributed by atoms with van der Waals surface area (Å²) in [7, 11) is 3.04. The van der Waals surface area contributed by atoms with Crippen molar-refractivity contribution < 1.29 is 14.3 Å². The molecule has 1 atom stereocenters. The predicted octanol–water partition coefficient (Wildman–Crippen LogP) is 2.71. The number of aromatic nitrogens is 1. The lowest BCUT2D eigenvalue weighted by Gasteiger charge is -2.22. The first-order valence-corrected chi connectivity index (χ1v) is 7.27. The molecule has 1 heterocycles. The summed E-state index contributed by atoms with van der Waals surface area (Å²) in [6.45, 7) is 6.10. The molecule has 0 aliphatic heterocycles. The Morgan fingerprint density at radius 1 is 1.40 bits per heavy atom. The number of carbonyl (C=O) groups is 2. The van der Waals surface area contributed by atoms with Gasteiger partial charge in [0.1, 0.15) is 5.69 Å². The fourth-order valence-corrected chi connectivity index (χ4v) is 2.45. The third-order valence-corrected chi connectivity index (χ3v) is 3.52. The van der Waals surface area contributed by atoms with Crippen molar-refractivity contribution in [3.05, 3.63) is 22.4 Å². The Labute approximate surface area is 128 Å². The van der Waals surface area contributed by atoms with Crippen LogP contribution in [0.3, 0.4) is 0 Å². The Bertz CT molecular complexity index is 497. The Morgan fingerprint density at radius 2 is 2.00 bits per heavy atom. The average Bonchev–Trinajstić information content (AvgIpc) is 2.78. The molecule has 5 nitrogen and oxygen atoms in total. The number of ether oxygens (including phenoxy) is 1. The summed E-state index contributed by atoms with van der Waals surface area (Å²) in [5, 5.41) is 0. The van der Waals surface area contributed by atoms with Crippen molar-refractivity contribution in [2.45, 2.75) is 26.8 Å². The highest BCUT2D eigenvalue weighted by Crippen LogP contribution is 2.20. The van der Waals surface area contributed by atoms with Gasteiger partial charge in [-0.3, -0.25) is 9.59 Å². The van der Waals surface area contributed by atoms with Gasteiger partial charge in [0.15, 0.2) is 0 Å². The lowest BCUT2D eigenvalue weighted by atomic mass is 10.1. The molecule has 1 amide bonds. The van der Waals surface area contributed by atoms with Crippen LogP contribution >= 0.6 is 15.9 Å². The minimum absolute atomic E-state index is 0.111. The first kappa shape index (κ1) is 16.8. The van der Waals surface area contributed by atoms with Gasteiger partial charge in [-0.2, -0.15) is 0 Å². The number of hydrogen-bond donors (Lipinski definition) is 0. The van der Waals surface area contributed by atoms with Crippen molar-refractivity contribution >= 4 is 27.8 Å². The Kier molecular flexibility index (Phi) is 5.80. The van der Waals surface area contributed by atoms with Crippen molar-refractivity contribution in [3.63, 3.8) is 0 Å². The van der Waals surface area contributed by atoms with Crippen LogP contribution < -0.4 is 0 Å². The van der Waals surface area contributed by atoms with E-state index < -0.39 is 0 Å². The Balaban J connectivity index is 2.87. The van der Waals surface area contributed by atoms with Crippen LogP contribution in [0.15, 0.2) is 16.7 Å². The van der Waals surface area contributed by atoms with Gasteiger partial charge in [-0.1, -0.05) is 6.92 Å². The third kappa shape index (κ3) is 3.85. The van der Waals surface area contributed by atoms with Crippen LogP contribution in [-0.2, 0) is 9.53 Å². The van der Waals surface area contributed by atoms with E-state index in [0.29, 0.717) is 12.2 Å². The number of nitrogens with zero attached hydrogens (tertiary/aromatic N) is 2. The summed E-state index contributed by atoms with van der Waals surface area (Å²) in [6, 6.07) is 1.98. The number of hydrogen-bond acceptors (Lipinski definition) is 3.